The molecule has 110 valence electrons. The Morgan fingerprint density at radius 2 is 2.25 bits per heavy atom. The lowest BCUT2D eigenvalue weighted by atomic mass is 10.2. The van der Waals surface area contributed by atoms with E-state index in [-0.39, 0.29) is 19.8 Å². The van der Waals surface area contributed by atoms with Gasteiger partial charge in [0.25, 0.3) is 0 Å². The molecule has 1 aliphatic rings. The van der Waals surface area contributed by atoms with Gasteiger partial charge in [-0.1, -0.05) is 0 Å². The fraction of sp³-hybridized carbons (Fsp3) is 0.417. The van der Waals surface area contributed by atoms with Crippen molar-refractivity contribution in [1.82, 2.24) is 0 Å². The molecular weight excluding hydrogens is 284 g/mol. The van der Waals surface area contributed by atoms with E-state index in [1.54, 1.807) is 25.1 Å². The minimum Gasteiger partial charge on any atom is -0.489 e. The van der Waals surface area contributed by atoms with E-state index >= 15 is 0 Å². The smallest absolute Gasteiger partial charge is 0.411 e. The number of carbonyl (C=O) groups excluding carboxylic acids is 1. The quantitative estimate of drug-likeness (QED) is 0.912. The van der Waals surface area contributed by atoms with Crippen molar-refractivity contribution >= 4 is 27.5 Å². The summed E-state index contributed by atoms with van der Waals surface area (Å²) >= 11 is 0. The van der Waals surface area contributed by atoms with Crippen LogP contribution in [0.1, 0.15) is 6.92 Å². The van der Waals surface area contributed by atoms with Crippen molar-refractivity contribution in [2.45, 2.75) is 6.92 Å². The maximum absolute atomic E-state index is 11.7. The van der Waals surface area contributed by atoms with E-state index in [0.29, 0.717) is 17.1 Å². The molecule has 20 heavy (non-hydrogen) atoms. The van der Waals surface area contributed by atoms with Crippen molar-refractivity contribution in [2.24, 2.45) is 0 Å². The Labute approximate surface area is 117 Å². The molecule has 0 fully saturated rings. The zero-order valence-corrected chi connectivity index (χ0v) is 12.1. The summed E-state index contributed by atoms with van der Waals surface area (Å²) in [6.07, 6.45) is 0.579. The molecule has 1 aromatic carbocycles. The Kier molecular flexibility index (Phi) is 4.03. The van der Waals surface area contributed by atoms with E-state index in [2.05, 4.69) is 5.32 Å². The molecule has 0 unspecified atom stereocenters. The average molecular weight is 300 g/mol. The van der Waals surface area contributed by atoms with Gasteiger partial charge in [-0.15, -0.1) is 0 Å². The number of fused-ring (bicyclic) bond motifs is 1. The van der Waals surface area contributed by atoms with E-state index in [1.165, 1.54) is 4.31 Å². The number of rotatable bonds is 3. The van der Waals surface area contributed by atoms with Gasteiger partial charge >= 0.3 is 6.09 Å². The third-order valence-electron chi connectivity index (χ3n) is 2.70. The number of hydrogen-bond acceptors (Lipinski definition) is 5. The van der Waals surface area contributed by atoms with Gasteiger partial charge in [0.2, 0.25) is 10.0 Å². The summed E-state index contributed by atoms with van der Waals surface area (Å²) in [6.45, 7) is 2.52. The molecule has 0 aliphatic carbocycles. The fourth-order valence-electron chi connectivity index (χ4n) is 1.90. The third-order valence-corrected chi connectivity index (χ3v) is 3.88. The highest BCUT2D eigenvalue weighted by Gasteiger charge is 2.25. The van der Waals surface area contributed by atoms with Crippen LogP contribution in [0.2, 0.25) is 0 Å². The summed E-state index contributed by atoms with van der Waals surface area (Å²) in [7, 11) is -3.34. The number of nitrogens with one attached hydrogen (secondary N) is 1. The fourth-order valence-corrected chi connectivity index (χ4v) is 2.82. The van der Waals surface area contributed by atoms with E-state index < -0.39 is 16.1 Å². The van der Waals surface area contributed by atoms with Gasteiger partial charge in [-0.25, -0.2) is 13.2 Å². The van der Waals surface area contributed by atoms with E-state index in [4.69, 9.17) is 9.47 Å². The molecular formula is C12H16N2O5S. The van der Waals surface area contributed by atoms with Crippen molar-refractivity contribution < 1.29 is 22.7 Å². The first-order valence-corrected chi connectivity index (χ1v) is 7.95. The lowest BCUT2D eigenvalue weighted by Crippen LogP contribution is -2.37. The van der Waals surface area contributed by atoms with Crippen LogP contribution in [0.25, 0.3) is 0 Å². The Bertz CT molecular complexity index is 614. The minimum absolute atomic E-state index is 0.267. The summed E-state index contributed by atoms with van der Waals surface area (Å²) in [5.41, 5.74) is 0.950. The SMILES string of the molecule is CCOC(=O)Nc1ccc2c(c1)OCCN2S(C)(=O)=O. The van der Waals surface area contributed by atoms with Gasteiger partial charge < -0.3 is 9.47 Å². The summed E-state index contributed by atoms with van der Waals surface area (Å²) in [5, 5.41) is 2.54. The van der Waals surface area contributed by atoms with Crippen molar-refractivity contribution in [3.8, 4) is 5.75 Å². The predicted octanol–water partition coefficient (Wildman–Crippen LogP) is 1.41. The molecule has 0 atom stereocenters. The molecule has 0 radical (unpaired) electrons. The van der Waals surface area contributed by atoms with Crippen molar-refractivity contribution in [3.63, 3.8) is 0 Å². The molecule has 0 saturated carbocycles. The van der Waals surface area contributed by atoms with Gasteiger partial charge in [-0.05, 0) is 19.1 Å². The molecule has 1 aromatic rings. The maximum atomic E-state index is 11.7. The summed E-state index contributed by atoms with van der Waals surface area (Å²) in [6, 6.07) is 4.77. The molecule has 0 saturated heterocycles. The standard InChI is InChI=1S/C12H16N2O5S/c1-3-18-12(15)13-9-4-5-10-11(8-9)19-7-6-14(10)20(2,16)17/h4-5,8H,3,6-7H2,1-2H3,(H,13,15). The van der Waals surface area contributed by atoms with Crippen LogP contribution in [0.4, 0.5) is 16.2 Å². The molecule has 0 spiro atoms. The average Bonchev–Trinajstić information content (AvgIpc) is 2.37. The highest BCUT2D eigenvalue weighted by molar-refractivity contribution is 7.92. The monoisotopic (exact) mass is 300 g/mol. The molecule has 1 aliphatic heterocycles. The first-order chi connectivity index (χ1) is 9.41. The first-order valence-electron chi connectivity index (χ1n) is 6.10. The second kappa shape index (κ2) is 5.58. The summed E-state index contributed by atoms with van der Waals surface area (Å²) in [5.74, 6) is 0.413. The largest absolute Gasteiger partial charge is 0.489 e. The Balaban J connectivity index is 2.26. The van der Waals surface area contributed by atoms with Crippen LogP contribution in [-0.4, -0.2) is 40.5 Å². The number of sulfonamides is 1. The van der Waals surface area contributed by atoms with Gasteiger partial charge in [0, 0.05) is 11.8 Å². The van der Waals surface area contributed by atoms with E-state index in [0.717, 1.165) is 6.26 Å². The highest BCUT2D eigenvalue weighted by atomic mass is 32.2. The van der Waals surface area contributed by atoms with Crippen LogP contribution in [0.5, 0.6) is 5.75 Å². The van der Waals surface area contributed by atoms with Gasteiger partial charge in [-0.2, -0.15) is 0 Å². The van der Waals surface area contributed by atoms with E-state index in [9.17, 15) is 13.2 Å². The molecule has 8 heteroatoms. The van der Waals surface area contributed by atoms with Gasteiger partial charge in [-0.3, -0.25) is 9.62 Å². The third kappa shape index (κ3) is 3.13. The second-order valence-electron chi connectivity index (χ2n) is 4.21. The van der Waals surface area contributed by atoms with Crippen LogP contribution in [0.3, 0.4) is 0 Å². The van der Waals surface area contributed by atoms with Crippen molar-refractivity contribution in [1.29, 1.82) is 0 Å². The lowest BCUT2D eigenvalue weighted by molar-refractivity contribution is 0.168. The topological polar surface area (TPSA) is 84.9 Å². The van der Waals surface area contributed by atoms with E-state index in [1.807, 2.05) is 0 Å². The maximum Gasteiger partial charge on any atom is 0.411 e. The number of nitrogens with zero attached hydrogens (tertiary/aromatic N) is 1. The lowest BCUT2D eigenvalue weighted by Gasteiger charge is -2.29. The number of benzene rings is 1. The number of amides is 1. The Morgan fingerprint density at radius 1 is 1.50 bits per heavy atom. The zero-order valence-electron chi connectivity index (χ0n) is 11.3. The second-order valence-corrected chi connectivity index (χ2v) is 6.12. The van der Waals surface area contributed by atoms with Crippen LogP contribution < -0.4 is 14.4 Å². The minimum atomic E-state index is -3.34. The number of anilines is 2. The molecule has 2 rings (SSSR count). The van der Waals surface area contributed by atoms with Crippen LogP contribution in [0, 0.1) is 0 Å². The summed E-state index contributed by atoms with van der Waals surface area (Å²) in [4.78, 5) is 11.3. The Hall–Kier alpha value is -1.96. The van der Waals surface area contributed by atoms with Crippen molar-refractivity contribution in [3.05, 3.63) is 18.2 Å². The molecule has 1 amide bonds. The number of ether oxygens (including phenoxy) is 2. The van der Waals surface area contributed by atoms with Crippen molar-refractivity contribution in [2.75, 3.05) is 35.6 Å². The number of carbonyl (C=O) groups is 1. The highest BCUT2D eigenvalue weighted by Crippen LogP contribution is 2.35. The van der Waals surface area contributed by atoms with Gasteiger partial charge in [0.05, 0.1) is 25.1 Å². The molecule has 7 nitrogen and oxygen atoms in total. The van der Waals surface area contributed by atoms with Crippen LogP contribution >= 0.6 is 0 Å². The van der Waals surface area contributed by atoms with Gasteiger partial charge in [0.1, 0.15) is 12.4 Å². The van der Waals surface area contributed by atoms with Crippen LogP contribution in [0.15, 0.2) is 18.2 Å². The molecule has 0 bridgehead atoms. The normalized spacial score (nSPS) is 14.2. The predicted molar refractivity (Wildman–Crippen MR) is 74.8 cm³/mol. The Morgan fingerprint density at radius 3 is 2.90 bits per heavy atom. The molecule has 1 heterocycles. The van der Waals surface area contributed by atoms with Crippen LogP contribution in [-0.2, 0) is 14.8 Å². The zero-order chi connectivity index (χ0) is 14.8. The van der Waals surface area contributed by atoms with Gasteiger partial charge in [0.15, 0.2) is 0 Å². The molecule has 1 N–H and O–H groups in total. The summed E-state index contributed by atoms with van der Waals surface area (Å²) < 4.78 is 34.8. The number of hydrogen-bond donors (Lipinski definition) is 1. The molecule has 0 aromatic heterocycles. The first kappa shape index (κ1) is 14.4.